The molecule has 0 bridgehead atoms. The number of ether oxygens (including phenoxy) is 1. The van der Waals surface area contributed by atoms with Gasteiger partial charge in [-0.05, 0) is 63.3 Å². The molecule has 2 heterocycles. The van der Waals surface area contributed by atoms with E-state index < -0.39 is 0 Å². The number of hydrogen-bond donors (Lipinski definition) is 1. The first-order valence-electron chi connectivity index (χ1n) is 12.9. The Morgan fingerprint density at radius 2 is 1.62 bits per heavy atom. The van der Waals surface area contributed by atoms with Crippen LogP contribution >= 0.6 is 0 Å². The Hall–Kier alpha value is -2.97. The van der Waals surface area contributed by atoms with E-state index >= 15 is 0 Å². The van der Waals surface area contributed by atoms with Crippen LogP contribution in [-0.2, 0) is 26.2 Å². The zero-order chi connectivity index (χ0) is 27.2. The fraction of sp³-hybridized carbons (Fsp3) is 0.552. The van der Waals surface area contributed by atoms with Crippen LogP contribution < -0.4 is 0 Å². The van der Waals surface area contributed by atoms with Gasteiger partial charge in [0.1, 0.15) is 28.6 Å². The van der Waals surface area contributed by atoms with Crippen molar-refractivity contribution in [2.24, 2.45) is 0 Å². The fourth-order valence-corrected chi connectivity index (χ4v) is 5.75. The molecule has 3 aromatic rings. The van der Waals surface area contributed by atoms with Gasteiger partial charge in [-0.2, -0.15) is 5.06 Å². The minimum absolute atomic E-state index is 0.147. The molecule has 1 aliphatic rings. The molecule has 1 N–H and O–H groups in total. The molecule has 200 valence electrons. The number of carbonyl (C=O) groups is 1. The largest absolute Gasteiger partial charge is 0.505 e. The Labute approximate surface area is 219 Å². The summed E-state index contributed by atoms with van der Waals surface area (Å²) < 4.78 is 5.95. The van der Waals surface area contributed by atoms with E-state index in [1.807, 2.05) is 62.2 Å². The van der Waals surface area contributed by atoms with Gasteiger partial charge >= 0.3 is 5.97 Å². The molecule has 0 amide bonds. The molecule has 1 fully saturated rings. The molecule has 2 aromatic carbocycles. The third kappa shape index (κ3) is 5.65. The second-order valence-electron chi connectivity index (χ2n) is 12.4. The second-order valence-corrected chi connectivity index (χ2v) is 12.4. The number of fused-ring (bicyclic) bond motifs is 1. The third-order valence-corrected chi connectivity index (χ3v) is 7.11. The zero-order valence-corrected chi connectivity index (χ0v) is 23.3. The molecule has 0 atom stereocenters. The van der Waals surface area contributed by atoms with E-state index in [-0.39, 0.29) is 40.7 Å². The van der Waals surface area contributed by atoms with Crippen LogP contribution in [0.5, 0.6) is 5.75 Å². The Morgan fingerprint density at radius 1 is 1.05 bits per heavy atom. The van der Waals surface area contributed by atoms with Crippen LogP contribution in [0.1, 0.15) is 78.9 Å². The van der Waals surface area contributed by atoms with Gasteiger partial charge in [0, 0.05) is 35.9 Å². The Balaban J connectivity index is 1.54. The van der Waals surface area contributed by atoms with Crippen molar-refractivity contribution < 1.29 is 19.5 Å². The van der Waals surface area contributed by atoms with Crippen molar-refractivity contribution in [3.8, 4) is 11.4 Å². The molecule has 8 nitrogen and oxygen atoms in total. The van der Waals surface area contributed by atoms with E-state index in [2.05, 4.69) is 37.9 Å². The number of hydroxylamine groups is 2. The number of aromatic hydroxyl groups is 1. The number of piperidine rings is 1. The van der Waals surface area contributed by atoms with Gasteiger partial charge in [-0.15, -0.1) is 15.0 Å². The summed E-state index contributed by atoms with van der Waals surface area (Å²) in [6, 6.07) is 11.4. The molecule has 1 saturated heterocycles. The van der Waals surface area contributed by atoms with E-state index in [1.54, 1.807) is 7.11 Å². The summed E-state index contributed by atoms with van der Waals surface area (Å²) in [5.41, 5.74) is 2.88. The molecule has 0 unspecified atom stereocenters. The number of aromatic nitrogens is 3. The highest BCUT2D eigenvalue weighted by Gasteiger charge is 2.47. The number of nitrogens with zero attached hydrogens (tertiary/aromatic N) is 4. The molecule has 1 aromatic heterocycles. The number of carbonyl (C=O) groups excluding carboxylic acids is 1. The van der Waals surface area contributed by atoms with Gasteiger partial charge in [-0.3, -0.25) is 4.79 Å². The lowest BCUT2D eigenvalue weighted by molar-refractivity contribution is -0.278. The lowest BCUT2D eigenvalue weighted by atomic mass is 9.80. The predicted octanol–water partition coefficient (Wildman–Crippen LogP) is 5.48. The van der Waals surface area contributed by atoms with Gasteiger partial charge in [0.2, 0.25) is 0 Å². The number of hydrogen-bond acceptors (Lipinski definition) is 7. The number of phenols is 1. The van der Waals surface area contributed by atoms with Crippen molar-refractivity contribution in [2.45, 2.75) is 96.7 Å². The van der Waals surface area contributed by atoms with Crippen LogP contribution in [0.2, 0.25) is 0 Å². The summed E-state index contributed by atoms with van der Waals surface area (Å²) in [6.07, 6.45) is 1.95. The van der Waals surface area contributed by atoms with Crippen molar-refractivity contribution in [3.63, 3.8) is 0 Å². The fourth-order valence-electron chi connectivity index (χ4n) is 5.75. The average molecular weight is 509 g/mol. The van der Waals surface area contributed by atoms with Gasteiger partial charge < -0.3 is 14.7 Å². The van der Waals surface area contributed by atoms with Crippen molar-refractivity contribution in [1.29, 1.82) is 0 Å². The van der Waals surface area contributed by atoms with E-state index in [4.69, 9.17) is 9.57 Å². The monoisotopic (exact) mass is 508 g/mol. The van der Waals surface area contributed by atoms with E-state index in [0.29, 0.717) is 24.9 Å². The van der Waals surface area contributed by atoms with E-state index in [9.17, 15) is 9.90 Å². The summed E-state index contributed by atoms with van der Waals surface area (Å²) in [5, 5.41) is 22.3. The molecule has 1 aliphatic heterocycles. The highest BCUT2D eigenvalue weighted by molar-refractivity contribution is 5.74. The highest BCUT2D eigenvalue weighted by atomic mass is 16.7. The molecule has 37 heavy (non-hydrogen) atoms. The minimum Gasteiger partial charge on any atom is -0.505 e. The number of aryl methyl sites for hydroxylation is 1. The zero-order valence-electron chi connectivity index (χ0n) is 23.3. The summed E-state index contributed by atoms with van der Waals surface area (Å²) in [6.45, 7) is 14.6. The molecule has 0 aliphatic carbocycles. The second kappa shape index (κ2) is 9.72. The smallest absolute Gasteiger partial charge is 0.306 e. The first-order valence-corrected chi connectivity index (χ1v) is 12.9. The normalized spacial score (nSPS) is 18.3. The Bertz CT molecular complexity index is 1240. The lowest BCUT2D eigenvalue weighted by Gasteiger charge is -2.52. The summed E-state index contributed by atoms with van der Waals surface area (Å²) in [7, 11) is 1.69. The first kappa shape index (κ1) is 27.1. The number of phenolic OH excluding ortho intramolecular Hbond substituents is 1. The maximum atomic E-state index is 12.9. The van der Waals surface area contributed by atoms with Crippen LogP contribution in [-0.4, -0.2) is 55.4 Å². The standard InChI is InChI=1S/C29H40N4O4/c1-27(2,3)21-15-19(16-24(26(21)35)32-30-22-11-9-10-12-23(22)31-32)13-14-25(34)37-20-17-28(4,5)33(36-8)29(6,7)18-20/h9-12,15-16,20,35H,13-14,17-18H2,1-8H3. The Kier molecular flexibility index (Phi) is 7.12. The molecular formula is C29H40N4O4. The minimum atomic E-state index is -0.311. The van der Waals surface area contributed by atoms with Gasteiger partial charge in [-0.1, -0.05) is 39.0 Å². The van der Waals surface area contributed by atoms with Gasteiger partial charge in [0.25, 0.3) is 0 Å². The van der Waals surface area contributed by atoms with E-state index in [1.165, 1.54) is 4.80 Å². The predicted molar refractivity (Wildman–Crippen MR) is 144 cm³/mol. The van der Waals surface area contributed by atoms with Crippen molar-refractivity contribution in [1.82, 2.24) is 20.1 Å². The van der Waals surface area contributed by atoms with Gasteiger partial charge in [0.05, 0.1) is 7.11 Å². The summed E-state index contributed by atoms with van der Waals surface area (Å²) in [4.78, 5) is 20.1. The topological polar surface area (TPSA) is 89.7 Å². The van der Waals surface area contributed by atoms with Crippen LogP contribution in [0.4, 0.5) is 0 Å². The number of esters is 1. The van der Waals surface area contributed by atoms with Crippen molar-refractivity contribution in [2.75, 3.05) is 7.11 Å². The summed E-state index contributed by atoms with van der Waals surface area (Å²) >= 11 is 0. The molecular weight excluding hydrogens is 468 g/mol. The van der Waals surface area contributed by atoms with E-state index in [0.717, 1.165) is 22.2 Å². The van der Waals surface area contributed by atoms with Crippen LogP contribution in [0.25, 0.3) is 16.7 Å². The lowest BCUT2D eigenvalue weighted by Crippen LogP contribution is -2.61. The van der Waals surface area contributed by atoms with Gasteiger partial charge in [0.15, 0.2) is 0 Å². The number of rotatable bonds is 6. The molecule has 0 radical (unpaired) electrons. The first-order chi connectivity index (χ1) is 17.2. The molecule has 0 saturated carbocycles. The summed E-state index contributed by atoms with van der Waals surface area (Å²) in [5.74, 6) is -0.0779. The molecule has 4 rings (SSSR count). The number of benzene rings is 2. The molecule has 8 heteroatoms. The quantitative estimate of drug-likeness (QED) is 0.441. The maximum Gasteiger partial charge on any atom is 0.306 e. The van der Waals surface area contributed by atoms with Crippen molar-refractivity contribution in [3.05, 3.63) is 47.5 Å². The maximum absolute atomic E-state index is 12.9. The highest BCUT2D eigenvalue weighted by Crippen LogP contribution is 2.40. The van der Waals surface area contributed by atoms with Crippen LogP contribution in [0.3, 0.4) is 0 Å². The van der Waals surface area contributed by atoms with Crippen LogP contribution in [0, 0.1) is 0 Å². The average Bonchev–Trinajstić information content (AvgIpc) is 3.20. The van der Waals surface area contributed by atoms with Crippen molar-refractivity contribution >= 4 is 17.0 Å². The van der Waals surface area contributed by atoms with Crippen LogP contribution in [0.15, 0.2) is 36.4 Å². The Morgan fingerprint density at radius 3 is 2.14 bits per heavy atom. The molecule has 0 spiro atoms. The SMILES string of the molecule is CON1C(C)(C)CC(OC(=O)CCc2cc(-n3nc4ccccc4n3)c(O)c(C(C)(C)C)c2)CC1(C)C. The van der Waals surface area contributed by atoms with Gasteiger partial charge in [-0.25, -0.2) is 0 Å². The third-order valence-electron chi connectivity index (χ3n) is 7.11.